The van der Waals surface area contributed by atoms with Gasteiger partial charge in [0.15, 0.2) is 0 Å². The van der Waals surface area contributed by atoms with Gasteiger partial charge in [-0.05, 0) is 55.8 Å². The molecule has 2 aromatic heterocycles. The first-order chi connectivity index (χ1) is 14.8. The molecule has 0 spiro atoms. The first-order valence-electron chi connectivity index (χ1n) is 9.80. The second kappa shape index (κ2) is 9.10. The van der Waals surface area contributed by atoms with Gasteiger partial charge in [0.05, 0.1) is 22.7 Å². The third-order valence-electron chi connectivity index (χ3n) is 5.26. The molecule has 31 heavy (non-hydrogen) atoms. The molecule has 0 radical (unpaired) electrons. The first kappa shape index (κ1) is 22.0. The standard InChI is InChI=1S/C21H21ClF3N5S/c22-16-1-2-18(21(23,24)25)14(7-16)12-31-19-8-13(9-28-20(19)26)15-10-29-30(11-15)17-3-5-27-6-4-17/h1-2,7-11,17,27H,3-6,12H2,(H2,26,28). The predicted molar refractivity (Wildman–Crippen MR) is 117 cm³/mol. The van der Waals surface area contributed by atoms with Crippen molar-refractivity contribution in [2.75, 3.05) is 18.8 Å². The molecule has 3 heterocycles. The molecule has 0 atom stereocenters. The second-order valence-corrected chi connectivity index (χ2v) is 8.84. The summed E-state index contributed by atoms with van der Waals surface area (Å²) in [6, 6.07) is 5.79. The van der Waals surface area contributed by atoms with Gasteiger partial charge in [0.2, 0.25) is 0 Å². The number of anilines is 1. The zero-order chi connectivity index (χ0) is 22.0. The van der Waals surface area contributed by atoms with Gasteiger partial charge >= 0.3 is 6.18 Å². The summed E-state index contributed by atoms with van der Waals surface area (Å²) in [6.07, 6.45) is 3.00. The van der Waals surface area contributed by atoms with Crippen molar-refractivity contribution >= 4 is 29.2 Å². The number of thioether (sulfide) groups is 1. The lowest BCUT2D eigenvalue weighted by molar-refractivity contribution is -0.138. The van der Waals surface area contributed by atoms with E-state index in [9.17, 15) is 13.2 Å². The number of benzene rings is 1. The molecule has 3 aromatic rings. The van der Waals surface area contributed by atoms with Crippen LogP contribution in [0.4, 0.5) is 19.0 Å². The number of nitrogens with two attached hydrogens (primary N) is 1. The second-order valence-electron chi connectivity index (χ2n) is 7.39. The molecule has 0 amide bonds. The van der Waals surface area contributed by atoms with Crippen LogP contribution in [0.3, 0.4) is 0 Å². The molecule has 164 valence electrons. The molecular formula is C21H21ClF3N5S. The van der Waals surface area contributed by atoms with Gasteiger partial charge in [-0.25, -0.2) is 4.98 Å². The van der Waals surface area contributed by atoms with E-state index in [-0.39, 0.29) is 22.2 Å². The Morgan fingerprint density at radius 1 is 1.16 bits per heavy atom. The third-order valence-corrected chi connectivity index (χ3v) is 6.58. The van der Waals surface area contributed by atoms with Gasteiger partial charge in [-0.1, -0.05) is 11.6 Å². The van der Waals surface area contributed by atoms with Crippen LogP contribution in [0.25, 0.3) is 11.1 Å². The van der Waals surface area contributed by atoms with E-state index in [4.69, 9.17) is 17.3 Å². The van der Waals surface area contributed by atoms with Crippen molar-refractivity contribution in [3.8, 4) is 11.1 Å². The van der Waals surface area contributed by atoms with Crippen LogP contribution in [0.1, 0.15) is 30.0 Å². The average Bonchev–Trinajstić information content (AvgIpc) is 3.23. The molecule has 0 saturated carbocycles. The minimum atomic E-state index is -4.45. The molecule has 1 aliphatic heterocycles. The Labute approximate surface area is 187 Å². The summed E-state index contributed by atoms with van der Waals surface area (Å²) in [5.41, 5.74) is 7.12. The van der Waals surface area contributed by atoms with Gasteiger partial charge in [-0.3, -0.25) is 4.68 Å². The van der Waals surface area contributed by atoms with Gasteiger partial charge in [0.1, 0.15) is 5.82 Å². The molecule has 3 N–H and O–H groups in total. The fourth-order valence-electron chi connectivity index (χ4n) is 3.60. The van der Waals surface area contributed by atoms with Crippen LogP contribution in [-0.2, 0) is 11.9 Å². The highest BCUT2D eigenvalue weighted by Crippen LogP contribution is 2.37. The number of halogens is 4. The van der Waals surface area contributed by atoms with Crippen LogP contribution in [0, 0.1) is 0 Å². The van der Waals surface area contributed by atoms with Crippen LogP contribution in [0.2, 0.25) is 5.02 Å². The number of pyridine rings is 1. The zero-order valence-electron chi connectivity index (χ0n) is 16.5. The number of rotatable bonds is 5. The highest BCUT2D eigenvalue weighted by atomic mass is 35.5. The van der Waals surface area contributed by atoms with Gasteiger partial charge in [-0.15, -0.1) is 11.8 Å². The van der Waals surface area contributed by atoms with Crippen LogP contribution >= 0.6 is 23.4 Å². The number of hydrogen-bond acceptors (Lipinski definition) is 5. The van der Waals surface area contributed by atoms with Crippen molar-refractivity contribution in [3.63, 3.8) is 0 Å². The molecule has 0 unspecified atom stereocenters. The Morgan fingerprint density at radius 3 is 2.68 bits per heavy atom. The molecule has 5 nitrogen and oxygen atoms in total. The number of hydrogen-bond donors (Lipinski definition) is 2. The first-order valence-corrected chi connectivity index (χ1v) is 11.2. The number of piperidine rings is 1. The highest BCUT2D eigenvalue weighted by molar-refractivity contribution is 7.98. The molecule has 1 aromatic carbocycles. The van der Waals surface area contributed by atoms with Crippen LogP contribution in [0.5, 0.6) is 0 Å². The summed E-state index contributed by atoms with van der Waals surface area (Å²) in [5.74, 6) is 0.342. The maximum absolute atomic E-state index is 13.3. The van der Waals surface area contributed by atoms with Crippen molar-refractivity contribution in [3.05, 3.63) is 59.0 Å². The zero-order valence-corrected chi connectivity index (χ0v) is 18.1. The molecular weight excluding hydrogens is 447 g/mol. The van der Waals surface area contributed by atoms with Crippen molar-refractivity contribution < 1.29 is 13.2 Å². The van der Waals surface area contributed by atoms with E-state index in [1.54, 1.807) is 12.4 Å². The SMILES string of the molecule is Nc1ncc(-c2cnn(C3CCNCC3)c2)cc1SCc1cc(Cl)ccc1C(F)(F)F. The molecule has 10 heteroatoms. The number of alkyl halides is 3. The largest absolute Gasteiger partial charge is 0.416 e. The molecule has 1 saturated heterocycles. The Balaban J connectivity index is 1.54. The van der Waals surface area contributed by atoms with Gasteiger partial charge in [-0.2, -0.15) is 18.3 Å². The molecule has 0 aliphatic carbocycles. The Bertz CT molecular complexity index is 1060. The Kier molecular flexibility index (Phi) is 6.45. The van der Waals surface area contributed by atoms with Crippen LogP contribution < -0.4 is 11.1 Å². The number of aromatic nitrogens is 3. The summed E-state index contributed by atoms with van der Waals surface area (Å²) >= 11 is 7.13. The quantitative estimate of drug-likeness (QED) is 0.490. The van der Waals surface area contributed by atoms with Gasteiger partial charge in [0.25, 0.3) is 0 Å². The van der Waals surface area contributed by atoms with Crippen LogP contribution in [-0.4, -0.2) is 27.9 Å². The lowest BCUT2D eigenvalue weighted by Gasteiger charge is -2.22. The lowest BCUT2D eigenvalue weighted by atomic mass is 10.1. The van der Waals surface area contributed by atoms with E-state index in [1.165, 1.54) is 23.9 Å². The summed E-state index contributed by atoms with van der Waals surface area (Å²) in [6.45, 7) is 1.93. The molecule has 1 fully saturated rings. The molecule has 1 aliphatic rings. The fraction of sp³-hybridized carbons (Fsp3) is 0.333. The summed E-state index contributed by atoms with van der Waals surface area (Å²) in [7, 11) is 0. The van der Waals surface area contributed by atoms with Crippen molar-refractivity contribution in [2.24, 2.45) is 0 Å². The van der Waals surface area contributed by atoms with Gasteiger partial charge < -0.3 is 11.1 Å². The lowest BCUT2D eigenvalue weighted by Crippen LogP contribution is -2.29. The van der Waals surface area contributed by atoms with Crippen molar-refractivity contribution in [1.29, 1.82) is 0 Å². The Hall–Kier alpha value is -2.23. The van der Waals surface area contributed by atoms with E-state index < -0.39 is 11.7 Å². The van der Waals surface area contributed by atoms with E-state index in [0.29, 0.717) is 10.9 Å². The minimum absolute atomic E-state index is 0.0685. The van der Waals surface area contributed by atoms with Gasteiger partial charge in [0, 0.05) is 34.3 Å². The predicted octanol–water partition coefficient (Wildman–Crippen LogP) is 5.42. The van der Waals surface area contributed by atoms with Crippen molar-refractivity contribution in [2.45, 2.75) is 35.7 Å². The highest BCUT2D eigenvalue weighted by Gasteiger charge is 2.33. The maximum atomic E-state index is 13.3. The smallest absolute Gasteiger partial charge is 0.383 e. The van der Waals surface area contributed by atoms with Crippen LogP contribution in [0.15, 0.2) is 47.8 Å². The summed E-state index contributed by atoms with van der Waals surface area (Å²) in [4.78, 5) is 4.85. The van der Waals surface area contributed by atoms with E-state index >= 15 is 0 Å². The normalized spacial score (nSPS) is 15.4. The number of nitrogens with one attached hydrogen (secondary N) is 1. The topological polar surface area (TPSA) is 68.8 Å². The number of nitrogens with zero attached hydrogens (tertiary/aromatic N) is 3. The Morgan fingerprint density at radius 2 is 1.94 bits per heavy atom. The average molecular weight is 468 g/mol. The monoisotopic (exact) mass is 467 g/mol. The van der Waals surface area contributed by atoms with Crippen molar-refractivity contribution in [1.82, 2.24) is 20.1 Å². The van der Waals surface area contributed by atoms with E-state index in [2.05, 4.69) is 15.4 Å². The summed E-state index contributed by atoms with van der Waals surface area (Å²) < 4.78 is 41.9. The minimum Gasteiger partial charge on any atom is -0.383 e. The fourth-order valence-corrected chi connectivity index (χ4v) is 4.76. The maximum Gasteiger partial charge on any atom is 0.416 e. The summed E-state index contributed by atoms with van der Waals surface area (Å²) in [5, 5.41) is 8.09. The third kappa shape index (κ3) is 5.16. The molecule has 4 rings (SSSR count). The number of nitrogen functional groups attached to an aromatic ring is 1. The van der Waals surface area contributed by atoms with E-state index in [1.807, 2.05) is 16.9 Å². The van der Waals surface area contributed by atoms with E-state index in [0.717, 1.165) is 43.1 Å². The molecule has 0 bridgehead atoms.